The molecule has 3 aromatic rings. The van der Waals surface area contributed by atoms with Crippen LogP contribution in [0, 0.1) is 5.92 Å². The van der Waals surface area contributed by atoms with Crippen LogP contribution < -0.4 is 0 Å². The summed E-state index contributed by atoms with van der Waals surface area (Å²) in [5.74, 6) is 1.46. The summed E-state index contributed by atoms with van der Waals surface area (Å²) in [6, 6.07) is 24.7. The van der Waals surface area contributed by atoms with Crippen LogP contribution in [0.4, 0.5) is 0 Å². The van der Waals surface area contributed by atoms with Gasteiger partial charge in [0.25, 0.3) is 0 Å². The SMILES string of the molecule is CCC(CC(C)C)c1ccc(CCc2cccc3ccccc23)cc1. The molecule has 1 unspecified atom stereocenters. The van der Waals surface area contributed by atoms with Gasteiger partial charge in [0.1, 0.15) is 0 Å². The summed E-state index contributed by atoms with van der Waals surface area (Å²) in [5.41, 5.74) is 4.40. The molecule has 0 aromatic heterocycles. The molecular weight excluding hydrogens is 300 g/mol. The zero-order valence-corrected chi connectivity index (χ0v) is 15.8. The average Bonchev–Trinajstić information content (AvgIpc) is 2.64. The number of fused-ring (bicyclic) bond motifs is 1. The minimum Gasteiger partial charge on any atom is -0.0648 e. The van der Waals surface area contributed by atoms with Gasteiger partial charge in [-0.3, -0.25) is 0 Å². The summed E-state index contributed by atoms with van der Waals surface area (Å²) in [5, 5.41) is 2.74. The Morgan fingerprint density at radius 2 is 1.48 bits per heavy atom. The molecule has 1 atom stereocenters. The van der Waals surface area contributed by atoms with Crippen LogP contribution in [0.15, 0.2) is 66.7 Å². The first-order chi connectivity index (χ1) is 12.2. The third-order valence-corrected chi connectivity index (χ3v) is 5.26. The van der Waals surface area contributed by atoms with Crippen LogP contribution in [0.5, 0.6) is 0 Å². The standard InChI is InChI=1S/C25H30/c1-4-21(18-19(2)3)22-15-12-20(13-16-22)14-17-24-10-7-9-23-8-5-6-11-25(23)24/h5-13,15-16,19,21H,4,14,17-18H2,1-3H3. The summed E-state index contributed by atoms with van der Waals surface area (Å²) in [4.78, 5) is 0. The quantitative estimate of drug-likeness (QED) is 0.431. The maximum Gasteiger partial charge on any atom is -0.0152 e. The highest BCUT2D eigenvalue weighted by Crippen LogP contribution is 2.27. The second kappa shape index (κ2) is 8.34. The molecule has 25 heavy (non-hydrogen) atoms. The van der Waals surface area contributed by atoms with Crippen LogP contribution in [-0.2, 0) is 12.8 Å². The first-order valence-corrected chi connectivity index (χ1v) is 9.73. The van der Waals surface area contributed by atoms with Crippen molar-refractivity contribution in [2.75, 3.05) is 0 Å². The van der Waals surface area contributed by atoms with Crippen molar-refractivity contribution in [2.45, 2.75) is 52.4 Å². The highest BCUT2D eigenvalue weighted by atomic mass is 14.2. The van der Waals surface area contributed by atoms with E-state index in [-0.39, 0.29) is 0 Å². The van der Waals surface area contributed by atoms with Crippen molar-refractivity contribution in [1.82, 2.24) is 0 Å². The van der Waals surface area contributed by atoms with Crippen molar-refractivity contribution >= 4 is 10.8 Å². The third kappa shape index (κ3) is 4.51. The van der Waals surface area contributed by atoms with Gasteiger partial charge in [0.05, 0.1) is 0 Å². The lowest BCUT2D eigenvalue weighted by molar-refractivity contribution is 0.489. The summed E-state index contributed by atoms with van der Waals surface area (Å²) >= 11 is 0. The molecule has 130 valence electrons. The van der Waals surface area contributed by atoms with E-state index in [2.05, 4.69) is 87.5 Å². The first kappa shape index (κ1) is 17.7. The lowest BCUT2D eigenvalue weighted by atomic mass is 9.87. The predicted octanol–water partition coefficient (Wildman–Crippen LogP) is 7.16. The average molecular weight is 331 g/mol. The lowest BCUT2D eigenvalue weighted by Crippen LogP contribution is -2.02. The van der Waals surface area contributed by atoms with E-state index in [0.717, 1.165) is 18.8 Å². The fourth-order valence-corrected chi connectivity index (χ4v) is 3.85. The molecule has 0 bridgehead atoms. The van der Waals surface area contributed by atoms with Gasteiger partial charge in [0, 0.05) is 0 Å². The zero-order valence-electron chi connectivity index (χ0n) is 15.8. The molecule has 0 N–H and O–H groups in total. The number of hydrogen-bond donors (Lipinski definition) is 0. The molecule has 0 saturated carbocycles. The highest BCUT2D eigenvalue weighted by Gasteiger charge is 2.11. The summed E-state index contributed by atoms with van der Waals surface area (Å²) in [6.07, 6.45) is 4.72. The number of rotatable bonds is 7. The summed E-state index contributed by atoms with van der Waals surface area (Å²) in [6.45, 7) is 6.95. The topological polar surface area (TPSA) is 0 Å². The van der Waals surface area contributed by atoms with Gasteiger partial charge < -0.3 is 0 Å². The van der Waals surface area contributed by atoms with E-state index in [1.165, 1.54) is 40.3 Å². The molecule has 0 radical (unpaired) electrons. The minimum absolute atomic E-state index is 0.701. The Morgan fingerprint density at radius 3 is 2.20 bits per heavy atom. The van der Waals surface area contributed by atoms with Crippen LogP contribution in [0.1, 0.15) is 56.2 Å². The smallest absolute Gasteiger partial charge is 0.0152 e. The third-order valence-electron chi connectivity index (χ3n) is 5.26. The van der Waals surface area contributed by atoms with Gasteiger partial charge in [-0.25, -0.2) is 0 Å². The molecule has 0 heterocycles. The Hall–Kier alpha value is -2.08. The maximum atomic E-state index is 2.36. The van der Waals surface area contributed by atoms with E-state index >= 15 is 0 Å². The number of hydrogen-bond acceptors (Lipinski definition) is 0. The second-order valence-electron chi connectivity index (χ2n) is 7.61. The van der Waals surface area contributed by atoms with Crippen LogP contribution in [-0.4, -0.2) is 0 Å². The van der Waals surface area contributed by atoms with Crippen LogP contribution in [0.25, 0.3) is 10.8 Å². The van der Waals surface area contributed by atoms with Crippen molar-refractivity contribution < 1.29 is 0 Å². The summed E-state index contributed by atoms with van der Waals surface area (Å²) < 4.78 is 0. The van der Waals surface area contributed by atoms with E-state index < -0.39 is 0 Å². The van der Waals surface area contributed by atoms with Gasteiger partial charge in [-0.15, -0.1) is 0 Å². The predicted molar refractivity (Wildman–Crippen MR) is 110 cm³/mol. The van der Waals surface area contributed by atoms with Gasteiger partial charge in [-0.2, -0.15) is 0 Å². The van der Waals surface area contributed by atoms with E-state index in [0.29, 0.717) is 5.92 Å². The van der Waals surface area contributed by atoms with E-state index in [9.17, 15) is 0 Å². The molecular formula is C25H30. The molecule has 0 spiro atoms. The second-order valence-corrected chi connectivity index (χ2v) is 7.61. The zero-order chi connectivity index (χ0) is 17.6. The van der Waals surface area contributed by atoms with Gasteiger partial charge in [-0.05, 0) is 65.0 Å². The Balaban J connectivity index is 1.69. The Labute approximate surface area is 152 Å². The highest BCUT2D eigenvalue weighted by molar-refractivity contribution is 5.85. The van der Waals surface area contributed by atoms with E-state index in [4.69, 9.17) is 0 Å². The molecule has 0 nitrogen and oxygen atoms in total. The van der Waals surface area contributed by atoms with Crippen molar-refractivity contribution in [1.29, 1.82) is 0 Å². The monoisotopic (exact) mass is 330 g/mol. The van der Waals surface area contributed by atoms with Gasteiger partial charge in [-0.1, -0.05) is 87.5 Å². The Morgan fingerprint density at radius 1 is 0.760 bits per heavy atom. The van der Waals surface area contributed by atoms with Gasteiger partial charge in [0.2, 0.25) is 0 Å². The fourth-order valence-electron chi connectivity index (χ4n) is 3.85. The van der Waals surface area contributed by atoms with E-state index in [1.807, 2.05) is 0 Å². The molecule has 0 amide bonds. The normalized spacial score (nSPS) is 12.6. The van der Waals surface area contributed by atoms with Crippen molar-refractivity contribution in [3.05, 3.63) is 83.4 Å². The molecule has 0 aliphatic heterocycles. The van der Waals surface area contributed by atoms with Crippen molar-refractivity contribution in [3.63, 3.8) is 0 Å². The largest absolute Gasteiger partial charge is 0.0648 e. The fraction of sp³-hybridized carbons (Fsp3) is 0.360. The molecule has 0 heteroatoms. The molecule has 3 aromatic carbocycles. The molecule has 3 rings (SSSR count). The van der Waals surface area contributed by atoms with Crippen molar-refractivity contribution in [3.8, 4) is 0 Å². The summed E-state index contributed by atoms with van der Waals surface area (Å²) in [7, 11) is 0. The Bertz CT molecular complexity index is 790. The van der Waals surface area contributed by atoms with Gasteiger partial charge >= 0.3 is 0 Å². The van der Waals surface area contributed by atoms with Crippen LogP contribution >= 0.6 is 0 Å². The maximum absolute atomic E-state index is 2.36. The van der Waals surface area contributed by atoms with Crippen molar-refractivity contribution in [2.24, 2.45) is 5.92 Å². The van der Waals surface area contributed by atoms with Crippen LogP contribution in [0.3, 0.4) is 0 Å². The molecule has 0 aliphatic carbocycles. The van der Waals surface area contributed by atoms with Crippen LogP contribution in [0.2, 0.25) is 0 Å². The van der Waals surface area contributed by atoms with E-state index in [1.54, 1.807) is 0 Å². The van der Waals surface area contributed by atoms with Gasteiger partial charge in [0.15, 0.2) is 0 Å². The number of aryl methyl sites for hydroxylation is 2. The lowest BCUT2D eigenvalue weighted by Gasteiger charge is -2.18. The first-order valence-electron chi connectivity index (χ1n) is 9.73. The molecule has 0 fully saturated rings. The molecule has 0 aliphatic rings. The number of benzene rings is 3. The minimum atomic E-state index is 0.701. The Kier molecular flexibility index (Phi) is 5.91. The molecule has 0 saturated heterocycles.